The van der Waals surface area contributed by atoms with Gasteiger partial charge in [-0.25, -0.2) is 9.59 Å². The Kier molecular flexibility index (Phi) is 6.46. The quantitative estimate of drug-likeness (QED) is 0.351. The summed E-state index contributed by atoms with van der Waals surface area (Å²) in [7, 11) is 0. The minimum absolute atomic E-state index is 0.0495. The molecule has 0 aliphatic heterocycles. The lowest BCUT2D eigenvalue weighted by atomic mass is 9.83. The van der Waals surface area contributed by atoms with Crippen molar-refractivity contribution in [2.45, 2.75) is 78.0 Å². The van der Waals surface area contributed by atoms with Gasteiger partial charge in [0, 0.05) is 12.5 Å². The molecule has 1 unspecified atom stereocenters. The van der Waals surface area contributed by atoms with Crippen molar-refractivity contribution in [3.63, 3.8) is 0 Å². The molecule has 1 atom stereocenters. The molecule has 0 saturated heterocycles. The van der Waals surface area contributed by atoms with Crippen molar-refractivity contribution in [1.82, 2.24) is 5.06 Å². The molecular formula is C18H29NO7. The molecule has 8 heteroatoms. The van der Waals surface area contributed by atoms with E-state index in [9.17, 15) is 19.6 Å². The Hall–Kier alpha value is -2.09. The first-order chi connectivity index (χ1) is 11.7. The second kappa shape index (κ2) is 7.65. The van der Waals surface area contributed by atoms with Crippen LogP contribution in [-0.4, -0.2) is 51.5 Å². The number of rotatable bonds is 4. The zero-order valence-corrected chi connectivity index (χ0v) is 16.5. The third-order valence-electron chi connectivity index (χ3n) is 3.43. The van der Waals surface area contributed by atoms with Gasteiger partial charge in [0.05, 0.1) is 12.4 Å². The van der Waals surface area contributed by atoms with Crippen LogP contribution in [0.2, 0.25) is 0 Å². The molecule has 0 aromatic heterocycles. The van der Waals surface area contributed by atoms with Crippen molar-refractivity contribution >= 4 is 17.8 Å². The van der Waals surface area contributed by atoms with Crippen LogP contribution in [0.25, 0.3) is 0 Å². The Labute approximate surface area is 154 Å². The Morgan fingerprint density at radius 1 is 1.15 bits per heavy atom. The van der Waals surface area contributed by atoms with Crippen LogP contribution in [0.5, 0.6) is 0 Å². The number of allylic oxidation sites excluding steroid dienone is 1. The maximum absolute atomic E-state index is 12.8. The van der Waals surface area contributed by atoms with Gasteiger partial charge in [-0.1, -0.05) is 0 Å². The van der Waals surface area contributed by atoms with E-state index in [1.165, 1.54) is 0 Å². The lowest BCUT2D eigenvalue weighted by Crippen LogP contribution is -2.63. The number of esters is 1. The summed E-state index contributed by atoms with van der Waals surface area (Å²) in [6.45, 7) is 11.8. The molecule has 0 bridgehead atoms. The monoisotopic (exact) mass is 371 g/mol. The summed E-state index contributed by atoms with van der Waals surface area (Å²) < 4.78 is 15.7. The minimum Gasteiger partial charge on any atom is -0.498 e. The molecule has 0 spiro atoms. The summed E-state index contributed by atoms with van der Waals surface area (Å²) in [5.41, 5.74) is -4.05. The number of ether oxygens (including phenoxy) is 3. The highest BCUT2D eigenvalue weighted by Crippen LogP contribution is 2.33. The zero-order valence-electron chi connectivity index (χ0n) is 16.5. The molecule has 148 valence electrons. The third-order valence-corrected chi connectivity index (χ3v) is 3.43. The largest absolute Gasteiger partial charge is 0.498 e. The highest BCUT2D eigenvalue weighted by Gasteiger charge is 2.57. The molecule has 26 heavy (non-hydrogen) atoms. The third kappa shape index (κ3) is 5.20. The average Bonchev–Trinajstić information content (AvgIpc) is 2.43. The molecular weight excluding hydrogens is 342 g/mol. The number of nitrogens with zero attached hydrogens (tertiary/aromatic N) is 1. The standard InChI is InChI=1S/C18H29NO7/c1-8-24-12-9-10-18(13(20)11-12,14(21)25-16(2,3)4)19(23)15(22)26-17(5,6)7/h11,23H,8-10H2,1-7H3. The van der Waals surface area contributed by atoms with Gasteiger partial charge in [-0.2, -0.15) is 5.06 Å². The van der Waals surface area contributed by atoms with Gasteiger partial charge in [-0.15, -0.1) is 0 Å². The highest BCUT2D eigenvalue weighted by molar-refractivity contribution is 6.15. The molecule has 0 radical (unpaired) electrons. The molecule has 0 fully saturated rings. The number of carbonyl (C=O) groups excluding carboxylic acids is 3. The van der Waals surface area contributed by atoms with Crippen LogP contribution in [0.4, 0.5) is 4.79 Å². The van der Waals surface area contributed by atoms with Gasteiger partial charge in [0.1, 0.15) is 11.2 Å². The maximum Gasteiger partial charge on any atom is 0.435 e. The SMILES string of the molecule is CCOC1=CC(=O)C(C(=O)OC(C)(C)C)(N(O)C(=O)OC(C)(C)C)CC1. The van der Waals surface area contributed by atoms with Gasteiger partial charge in [-0.05, 0) is 54.9 Å². The highest BCUT2D eigenvalue weighted by atomic mass is 16.6. The maximum atomic E-state index is 12.8. The van der Waals surface area contributed by atoms with Gasteiger partial charge in [-0.3, -0.25) is 10.0 Å². The number of hydroxylamine groups is 2. The summed E-state index contributed by atoms with van der Waals surface area (Å²) in [6, 6.07) is 0. The Balaban J connectivity index is 3.29. The fourth-order valence-electron chi connectivity index (χ4n) is 2.39. The van der Waals surface area contributed by atoms with E-state index in [2.05, 4.69) is 0 Å². The average molecular weight is 371 g/mol. The molecule has 0 aromatic rings. The summed E-state index contributed by atoms with van der Waals surface area (Å²) >= 11 is 0. The Morgan fingerprint density at radius 2 is 1.69 bits per heavy atom. The predicted molar refractivity (Wildman–Crippen MR) is 92.4 cm³/mol. The predicted octanol–water partition coefficient (Wildman–Crippen LogP) is 2.98. The van der Waals surface area contributed by atoms with Gasteiger partial charge in [0.25, 0.3) is 0 Å². The lowest BCUT2D eigenvalue weighted by Gasteiger charge is -2.39. The van der Waals surface area contributed by atoms with Crippen LogP contribution in [0.15, 0.2) is 11.8 Å². The van der Waals surface area contributed by atoms with Crippen LogP contribution in [-0.2, 0) is 23.8 Å². The van der Waals surface area contributed by atoms with Crippen LogP contribution in [0.3, 0.4) is 0 Å². The van der Waals surface area contributed by atoms with Crippen molar-refractivity contribution in [2.24, 2.45) is 0 Å². The molecule has 1 aliphatic rings. The number of ketones is 1. The zero-order chi connectivity index (χ0) is 20.3. The molecule has 0 saturated carbocycles. The van der Waals surface area contributed by atoms with E-state index < -0.39 is 34.6 Å². The summed E-state index contributed by atoms with van der Waals surface area (Å²) in [5, 5.41) is 10.5. The first kappa shape index (κ1) is 22.0. The molecule has 0 aromatic carbocycles. The normalized spacial score (nSPS) is 20.9. The second-order valence-electron chi connectivity index (χ2n) is 8.06. The Bertz CT molecular complexity index is 598. The smallest absolute Gasteiger partial charge is 0.435 e. The van der Waals surface area contributed by atoms with Crippen LogP contribution >= 0.6 is 0 Å². The van der Waals surface area contributed by atoms with Gasteiger partial charge < -0.3 is 14.2 Å². The topological polar surface area (TPSA) is 102 Å². The Morgan fingerprint density at radius 3 is 2.12 bits per heavy atom. The van der Waals surface area contributed by atoms with Crippen LogP contribution in [0.1, 0.15) is 61.3 Å². The fourth-order valence-corrected chi connectivity index (χ4v) is 2.39. The molecule has 1 aliphatic carbocycles. The number of hydrogen-bond acceptors (Lipinski definition) is 7. The fraction of sp³-hybridized carbons (Fsp3) is 0.722. The van der Waals surface area contributed by atoms with Gasteiger partial charge in [0.15, 0.2) is 5.78 Å². The van der Waals surface area contributed by atoms with Crippen LogP contribution < -0.4 is 0 Å². The van der Waals surface area contributed by atoms with Crippen molar-refractivity contribution in [3.8, 4) is 0 Å². The van der Waals surface area contributed by atoms with E-state index in [4.69, 9.17) is 14.2 Å². The van der Waals surface area contributed by atoms with E-state index in [-0.39, 0.29) is 17.9 Å². The molecule has 8 nitrogen and oxygen atoms in total. The molecule has 1 amide bonds. The van der Waals surface area contributed by atoms with Crippen molar-refractivity contribution < 1.29 is 33.8 Å². The number of carbonyl (C=O) groups is 3. The van der Waals surface area contributed by atoms with E-state index >= 15 is 0 Å². The summed E-state index contributed by atoms with van der Waals surface area (Å²) in [6.07, 6.45) is -0.0872. The van der Waals surface area contributed by atoms with Crippen LogP contribution in [0, 0.1) is 0 Å². The van der Waals surface area contributed by atoms with Gasteiger partial charge in [0.2, 0.25) is 5.54 Å². The molecule has 1 rings (SSSR count). The first-order valence-electron chi connectivity index (χ1n) is 8.56. The summed E-state index contributed by atoms with van der Waals surface area (Å²) in [5.74, 6) is -1.43. The minimum atomic E-state index is -2.21. The van der Waals surface area contributed by atoms with E-state index in [0.29, 0.717) is 12.4 Å². The summed E-state index contributed by atoms with van der Waals surface area (Å²) in [4.78, 5) is 37.9. The van der Waals surface area contributed by atoms with Crippen molar-refractivity contribution in [2.75, 3.05) is 6.61 Å². The molecule has 1 N–H and O–H groups in total. The lowest BCUT2D eigenvalue weighted by molar-refractivity contribution is -0.202. The van der Waals surface area contributed by atoms with Gasteiger partial charge >= 0.3 is 12.1 Å². The van der Waals surface area contributed by atoms with E-state index in [0.717, 1.165) is 6.08 Å². The van der Waals surface area contributed by atoms with Crippen molar-refractivity contribution in [1.29, 1.82) is 0 Å². The number of hydrogen-bond donors (Lipinski definition) is 1. The number of amides is 1. The van der Waals surface area contributed by atoms with E-state index in [1.807, 2.05) is 0 Å². The first-order valence-corrected chi connectivity index (χ1v) is 8.56. The van der Waals surface area contributed by atoms with E-state index in [1.54, 1.807) is 48.5 Å². The second-order valence-corrected chi connectivity index (χ2v) is 8.06. The molecule has 0 heterocycles. The van der Waals surface area contributed by atoms with Crippen molar-refractivity contribution in [3.05, 3.63) is 11.8 Å².